The van der Waals surface area contributed by atoms with Gasteiger partial charge in [-0.05, 0) is 31.2 Å². The second-order valence-corrected chi connectivity index (χ2v) is 8.70. The lowest BCUT2D eigenvalue weighted by Gasteiger charge is -2.33. The maximum atomic E-state index is 12.5. The van der Waals surface area contributed by atoms with Gasteiger partial charge < -0.3 is 4.90 Å². The molecule has 3 rings (SSSR count). The predicted molar refractivity (Wildman–Crippen MR) is 92.8 cm³/mol. The summed E-state index contributed by atoms with van der Waals surface area (Å²) in [6.07, 6.45) is 6.15. The van der Waals surface area contributed by atoms with E-state index in [9.17, 15) is 18.0 Å². The van der Waals surface area contributed by atoms with Crippen molar-refractivity contribution in [2.75, 3.05) is 32.4 Å². The van der Waals surface area contributed by atoms with Crippen LogP contribution >= 0.6 is 0 Å². The Balaban J connectivity index is 1.68. The first-order valence-electron chi connectivity index (χ1n) is 8.67. The Labute approximate surface area is 147 Å². The highest BCUT2D eigenvalue weighted by atomic mass is 32.2. The van der Waals surface area contributed by atoms with Crippen molar-refractivity contribution >= 4 is 15.9 Å². The lowest BCUT2D eigenvalue weighted by atomic mass is 10.1. The highest BCUT2D eigenvalue weighted by Gasteiger charge is 2.26. The first kappa shape index (κ1) is 18.1. The van der Waals surface area contributed by atoms with Gasteiger partial charge in [-0.15, -0.1) is 0 Å². The number of fused-ring (bicyclic) bond motifs is 1. The van der Waals surface area contributed by atoms with Gasteiger partial charge in [0.25, 0.3) is 5.56 Å². The Kier molecular flexibility index (Phi) is 5.24. The summed E-state index contributed by atoms with van der Waals surface area (Å²) in [4.78, 5) is 26.3. The van der Waals surface area contributed by atoms with E-state index in [1.807, 2.05) is 0 Å². The molecule has 1 aliphatic heterocycles. The molecule has 1 aliphatic carbocycles. The molecule has 9 heteroatoms. The second kappa shape index (κ2) is 7.25. The Morgan fingerprint density at radius 3 is 2.48 bits per heavy atom. The minimum Gasteiger partial charge on any atom is -0.338 e. The number of sulfonamides is 1. The van der Waals surface area contributed by atoms with Crippen molar-refractivity contribution in [3.8, 4) is 0 Å². The average molecular weight is 368 g/mol. The third-order valence-electron chi connectivity index (χ3n) is 4.87. The second-order valence-electron chi connectivity index (χ2n) is 6.72. The van der Waals surface area contributed by atoms with Gasteiger partial charge >= 0.3 is 0 Å². The van der Waals surface area contributed by atoms with Crippen molar-refractivity contribution in [1.82, 2.24) is 19.0 Å². The van der Waals surface area contributed by atoms with Gasteiger partial charge in [-0.2, -0.15) is 9.40 Å². The van der Waals surface area contributed by atoms with E-state index < -0.39 is 10.0 Å². The summed E-state index contributed by atoms with van der Waals surface area (Å²) < 4.78 is 25.7. The van der Waals surface area contributed by atoms with Gasteiger partial charge in [-0.3, -0.25) is 9.59 Å². The Morgan fingerprint density at radius 2 is 1.80 bits per heavy atom. The van der Waals surface area contributed by atoms with Gasteiger partial charge in [0, 0.05) is 32.2 Å². The molecule has 2 heterocycles. The average Bonchev–Trinajstić information content (AvgIpc) is 2.79. The molecule has 0 aromatic carbocycles. The van der Waals surface area contributed by atoms with Crippen LogP contribution in [0.4, 0.5) is 0 Å². The van der Waals surface area contributed by atoms with Gasteiger partial charge in [0.15, 0.2) is 0 Å². The summed E-state index contributed by atoms with van der Waals surface area (Å²) in [6.45, 7) is 1.16. The largest absolute Gasteiger partial charge is 0.338 e. The number of aromatic nitrogens is 2. The molecule has 1 saturated heterocycles. The number of piperazine rings is 1. The monoisotopic (exact) mass is 368 g/mol. The number of carbonyl (C=O) groups is 1. The Hall–Kier alpha value is -1.74. The van der Waals surface area contributed by atoms with Gasteiger partial charge in [0.05, 0.1) is 11.9 Å². The fraction of sp³-hybridized carbons (Fsp3) is 0.688. The van der Waals surface area contributed by atoms with Crippen LogP contribution in [0.1, 0.15) is 30.5 Å². The lowest BCUT2D eigenvalue weighted by molar-refractivity contribution is -0.133. The molecule has 1 amide bonds. The molecule has 8 nitrogen and oxygen atoms in total. The van der Waals surface area contributed by atoms with E-state index in [0.717, 1.165) is 43.4 Å². The Morgan fingerprint density at radius 1 is 1.12 bits per heavy atom. The Bertz CT molecular complexity index is 810. The van der Waals surface area contributed by atoms with Crippen molar-refractivity contribution in [2.45, 2.75) is 38.6 Å². The topological polar surface area (TPSA) is 92.6 Å². The number of aryl methyl sites for hydroxylation is 2. The molecule has 1 aromatic heterocycles. The fourth-order valence-corrected chi connectivity index (χ4v) is 4.21. The first-order valence-corrected chi connectivity index (χ1v) is 10.5. The summed E-state index contributed by atoms with van der Waals surface area (Å²) >= 11 is 0. The van der Waals surface area contributed by atoms with Crippen LogP contribution in [0.25, 0.3) is 0 Å². The molecule has 0 spiro atoms. The molecule has 2 aliphatic rings. The summed E-state index contributed by atoms with van der Waals surface area (Å²) in [6, 6.07) is 1.61. The van der Waals surface area contributed by atoms with Crippen LogP contribution in [0.15, 0.2) is 10.9 Å². The van der Waals surface area contributed by atoms with Crippen LogP contribution in [-0.4, -0.2) is 65.7 Å². The van der Waals surface area contributed by atoms with E-state index in [1.165, 1.54) is 15.2 Å². The van der Waals surface area contributed by atoms with Crippen LogP contribution in [-0.2, 0) is 34.2 Å². The van der Waals surface area contributed by atoms with Crippen molar-refractivity contribution < 1.29 is 13.2 Å². The van der Waals surface area contributed by atoms with Crippen LogP contribution in [0.2, 0.25) is 0 Å². The summed E-state index contributed by atoms with van der Waals surface area (Å²) in [5.74, 6) is -0.198. The van der Waals surface area contributed by atoms with Crippen LogP contribution in [0.3, 0.4) is 0 Å². The number of nitrogens with zero attached hydrogens (tertiary/aromatic N) is 4. The fourth-order valence-electron chi connectivity index (χ4n) is 3.39. The van der Waals surface area contributed by atoms with E-state index in [0.29, 0.717) is 13.1 Å². The highest BCUT2D eigenvalue weighted by molar-refractivity contribution is 7.88. The third kappa shape index (κ3) is 4.27. The quantitative estimate of drug-likeness (QED) is 0.678. The van der Waals surface area contributed by atoms with Gasteiger partial charge in [-0.1, -0.05) is 6.42 Å². The zero-order chi connectivity index (χ0) is 18.0. The molecular formula is C16H24N4O4S. The molecule has 0 radical (unpaired) electrons. The number of carbonyl (C=O) groups excluding carboxylic acids is 1. The third-order valence-corrected chi connectivity index (χ3v) is 6.17. The number of hydrogen-bond donors (Lipinski definition) is 0. The molecule has 0 unspecified atom stereocenters. The summed E-state index contributed by atoms with van der Waals surface area (Å²) in [5.41, 5.74) is 1.68. The van der Waals surface area contributed by atoms with Crippen molar-refractivity contribution in [3.63, 3.8) is 0 Å². The molecular weight excluding hydrogens is 344 g/mol. The molecule has 0 saturated carbocycles. The number of hydrogen-bond acceptors (Lipinski definition) is 5. The van der Waals surface area contributed by atoms with Crippen LogP contribution in [0, 0.1) is 0 Å². The van der Waals surface area contributed by atoms with Gasteiger partial charge in [-0.25, -0.2) is 13.1 Å². The number of rotatable bonds is 3. The van der Waals surface area contributed by atoms with Crippen LogP contribution in [0.5, 0.6) is 0 Å². The maximum Gasteiger partial charge on any atom is 0.267 e. The molecule has 0 bridgehead atoms. The van der Waals surface area contributed by atoms with Crippen molar-refractivity contribution in [3.05, 3.63) is 27.7 Å². The molecule has 1 aromatic rings. The van der Waals surface area contributed by atoms with Gasteiger partial charge in [0.1, 0.15) is 6.54 Å². The first-order chi connectivity index (χ1) is 11.8. The standard InChI is InChI=1S/C16H24N4O4S/c1-25(23,24)19-9-7-18(8-10-19)16(22)12-20-15(21)11-13-5-3-2-4-6-14(13)17-20/h11H,2-10,12H2,1H3. The van der Waals surface area contributed by atoms with Crippen molar-refractivity contribution in [1.29, 1.82) is 0 Å². The van der Waals surface area contributed by atoms with E-state index in [4.69, 9.17) is 0 Å². The zero-order valence-corrected chi connectivity index (χ0v) is 15.3. The number of amides is 1. The van der Waals surface area contributed by atoms with Gasteiger partial charge in [0.2, 0.25) is 15.9 Å². The van der Waals surface area contributed by atoms with E-state index in [-0.39, 0.29) is 31.1 Å². The van der Waals surface area contributed by atoms with Crippen LogP contribution < -0.4 is 5.56 Å². The minimum atomic E-state index is -3.23. The normalized spacial score (nSPS) is 19.3. The van der Waals surface area contributed by atoms with E-state index in [2.05, 4.69) is 5.10 Å². The smallest absolute Gasteiger partial charge is 0.267 e. The molecule has 138 valence electrons. The highest BCUT2D eigenvalue weighted by Crippen LogP contribution is 2.17. The predicted octanol–water partition coefficient (Wildman–Crippen LogP) is -0.384. The summed E-state index contributed by atoms with van der Waals surface area (Å²) in [5, 5.41) is 4.41. The molecule has 1 fully saturated rings. The minimum absolute atomic E-state index is 0.0923. The zero-order valence-electron chi connectivity index (χ0n) is 14.5. The summed E-state index contributed by atoms with van der Waals surface area (Å²) in [7, 11) is -3.23. The molecule has 0 N–H and O–H groups in total. The lowest BCUT2D eigenvalue weighted by Crippen LogP contribution is -2.51. The van der Waals surface area contributed by atoms with E-state index in [1.54, 1.807) is 11.0 Å². The molecule has 25 heavy (non-hydrogen) atoms. The maximum absolute atomic E-state index is 12.5. The van der Waals surface area contributed by atoms with Crippen molar-refractivity contribution in [2.24, 2.45) is 0 Å². The molecule has 0 atom stereocenters. The SMILES string of the molecule is CS(=O)(=O)N1CCN(C(=O)Cn2nc3c(cc2=O)CCCCC3)CC1. The van der Waals surface area contributed by atoms with E-state index >= 15 is 0 Å².